The molecule has 0 aromatic heterocycles. The van der Waals surface area contributed by atoms with Crippen LogP contribution in [0.2, 0.25) is 0 Å². The second-order valence-corrected chi connectivity index (χ2v) is 14.2. The van der Waals surface area contributed by atoms with Crippen molar-refractivity contribution in [3.63, 3.8) is 0 Å². The lowest BCUT2D eigenvalue weighted by Crippen LogP contribution is -2.48. The van der Waals surface area contributed by atoms with Crippen LogP contribution in [0.3, 0.4) is 0 Å². The van der Waals surface area contributed by atoms with Crippen LogP contribution < -0.4 is 0 Å². The molecule has 0 aliphatic heterocycles. The summed E-state index contributed by atoms with van der Waals surface area (Å²) < 4.78 is 0. The quantitative estimate of drug-likeness (QED) is 0.445. The molecule has 0 atom stereocenters. The van der Waals surface area contributed by atoms with Crippen molar-refractivity contribution in [1.29, 1.82) is 0 Å². The van der Waals surface area contributed by atoms with E-state index in [4.69, 9.17) is 0 Å². The molecule has 6 aliphatic carbocycles. The topological polar surface area (TPSA) is 0 Å². The molecule has 6 fully saturated rings. The summed E-state index contributed by atoms with van der Waals surface area (Å²) in [4.78, 5) is 1.75. The van der Waals surface area contributed by atoms with Crippen LogP contribution in [-0.4, -0.2) is 10.5 Å². The Morgan fingerprint density at radius 2 is 1.03 bits per heavy atom. The molecule has 158 valence electrons. The summed E-state index contributed by atoms with van der Waals surface area (Å²) in [5.41, 5.74) is 2.30. The van der Waals surface area contributed by atoms with Gasteiger partial charge in [-0.1, -0.05) is 25.0 Å². The van der Waals surface area contributed by atoms with Gasteiger partial charge in [0.15, 0.2) is 4.90 Å². The highest BCUT2D eigenvalue weighted by atomic mass is 32.2. The van der Waals surface area contributed by atoms with Crippen LogP contribution in [0.5, 0.6) is 0 Å². The SMILES string of the molecule is c1cc(C23CC4CC(CC(C4)C2)C3)ccc1[S+](C1CCCCC1)C1CCCCC1. The third-order valence-corrected chi connectivity index (χ3v) is 12.8. The van der Waals surface area contributed by atoms with Crippen molar-refractivity contribution in [2.45, 2.75) is 124 Å². The number of rotatable bonds is 4. The second kappa shape index (κ2) is 7.92. The third kappa shape index (κ3) is 3.62. The molecule has 1 aromatic carbocycles. The van der Waals surface area contributed by atoms with E-state index in [-0.39, 0.29) is 0 Å². The minimum absolute atomic E-state index is 0.519. The van der Waals surface area contributed by atoms with Crippen LogP contribution >= 0.6 is 0 Å². The van der Waals surface area contributed by atoms with Crippen molar-refractivity contribution in [3.05, 3.63) is 29.8 Å². The first-order valence-corrected chi connectivity index (χ1v) is 14.5. The van der Waals surface area contributed by atoms with Crippen molar-refractivity contribution in [3.8, 4) is 0 Å². The van der Waals surface area contributed by atoms with Gasteiger partial charge in [-0.15, -0.1) is 0 Å². The Bertz CT molecular complexity index is 638. The highest BCUT2D eigenvalue weighted by Crippen LogP contribution is 2.60. The van der Waals surface area contributed by atoms with E-state index in [1.807, 2.05) is 0 Å². The average Bonchev–Trinajstić information content (AvgIpc) is 2.75. The van der Waals surface area contributed by atoms with Crippen LogP contribution in [0.1, 0.15) is 108 Å². The molecular weight excluding hydrogens is 368 g/mol. The van der Waals surface area contributed by atoms with Crippen LogP contribution in [0.25, 0.3) is 0 Å². The Hall–Kier alpha value is -0.430. The van der Waals surface area contributed by atoms with E-state index in [1.165, 1.54) is 83.5 Å². The molecule has 0 amide bonds. The van der Waals surface area contributed by atoms with Gasteiger partial charge in [0.2, 0.25) is 0 Å². The molecule has 7 rings (SSSR count). The van der Waals surface area contributed by atoms with Gasteiger partial charge in [-0.05, 0) is 131 Å². The minimum atomic E-state index is 0.519. The normalized spacial score (nSPS) is 38.0. The van der Waals surface area contributed by atoms with Crippen molar-refractivity contribution >= 4 is 10.9 Å². The maximum Gasteiger partial charge on any atom is 0.155 e. The van der Waals surface area contributed by atoms with Crippen LogP contribution in [0, 0.1) is 17.8 Å². The first-order chi connectivity index (χ1) is 14.3. The van der Waals surface area contributed by atoms with E-state index in [0.29, 0.717) is 16.3 Å². The van der Waals surface area contributed by atoms with Crippen molar-refractivity contribution in [1.82, 2.24) is 0 Å². The molecule has 0 saturated heterocycles. The predicted molar refractivity (Wildman–Crippen MR) is 126 cm³/mol. The zero-order chi connectivity index (χ0) is 19.3. The second-order valence-electron chi connectivity index (χ2n) is 11.6. The van der Waals surface area contributed by atoms with Gasteiger partial charge in [0.25, 0.3) is 0 Å². The fraction of sp³-hybridized carbons (Fsp3) is 0.786. The molecule has 1 aromatic rings. The number of hydrogen-bond acceptors (Lipinski definition) is 0. The Kier molecular flexibility index (Phi) is 5.26. The molecule has 0 heterocycles. The lowest BCUT2D eigenvalue weighted by atomic mass is 9.48. The van der Waals surface area contributed by atoms with Gasteiger partial charge in [-0.25, -0.2) is 0 Å². The fourth-order valence-electron chi connectivity index (χ4n) is 8.73. The van der Waals surface area contributed by atoms with Gasteiger partial charge in [0.05, 0.1) is 0 Å². The standard InChI is InChI=1S/C28H41S/c1-3-7-25(8-4-1)29(26-9-5-2-6-10-26)27-13-11-24(12-14-27)28-18-21-15-22(19-28)17-23(16-21)20-28/h11-14,21-23,25-26H,1-10,15-20H2/q+1. The molecule has 29 heavy (non-hydrogen) atoms. The highest BCUT2D eigenvalue weighted by molar-refractivity contribution is 7.98. The largest absolute Gasteiger partial charge is 0.155 e. The zero-order valence-corrected chi connectivity index (χ0v) is 19.2. The van der Waals surface area contributed by atoms with Crippen molar-refractivity contribution in [2.75, 3.05) is 0 Å². The third-order valence-electron chi connectivity index (χ3n) is 9.60. The van der Waals surface area contributed by atoms with E-state index in [0.717, 1.165) is 28.3 Å². The van der Waals surface area contributed by atoms with Gasteiger partial charge in [-0.3, -0.25) is 0 Å². The first kappa shape index (κ1) is 19.3. The number of benzene rings is 1. The predicted octanol–water partition coefficient (Wildman–Crippen LogP) is 7.80. The molecule has 1 heteroatoms. The van der Waals surface area contributed by atoms with E-state index >= 15 is 0 Å². The van der Waals surface area contributed by atoms with Crippen LogP contribution in [0.15, 0.2) is 29.2 Å². The average molecular weight is 410 g/mol. The van der Waals surface area contributed by atoms with E-state index in [9.17, 15) is 0 Å². The summed E-state index contributed by atoms with van der Waals surface area (Å²) in [7, 11) is 0.519. The van der Waals surface area contributed by atoms with Gasteiger partial charge in [0.1, 0.15) is 10.5 Å². The summed E-state index contributed by atoms with van der Waals surface area (Å²) in [5, 5.41) is 1.99. The summed E-state index contributed by atoms with van der Waals surface area (Å²) in [6, 6.07) is 10.5. The molecule has 6 saturated carbocycles. The molecule has 4 bridgehead atoms. The summed E-state index contributed by atoms with van der Waals surface area (Å²) in [5.74, 6) is 3.17. The van der Waals surface area contributed by atoms with Crippen molar-refractivity contribution < 1.29 is 0 Å². The van der Waals surface area contributed by atoms with E-state index < -0.39 is 0 Å². The molecule has 0 spiro atoms. The first-order valence-electron chi connectivity index (χ1n) is 13.1. The Morgan fingerprint density at radius 3 is 1.48 bits per heavy atom. The molecule has 0 unspecified atom stereocenters. The monoisotopic (exact) mass is 409 g/mol. The minimum Gasteiger partial charge on any atom is -0.0535 e. The Morgan fingerprint density at radius 1 is 0.586 bits per heavy atom. The molecule has 0 nitrogen and oxygen atoms in total. The summed E-state index contributed by atoms with van der Waals surface area (Å²) in [6.07, 6.45) is 24.2. The van der Waals surface area contributed by atoms with E-state index in [1.54, 1.807) is 29.7 Å². The smallest absolute Gasteiger partial charge is 0.0535 e. The molecule has 6 aliphatic rings. The maximum atomic E-state index is 2.64. The van der Waals surface area contributed by atoms with Crippen molar-refractivity contribution in [2.24, 2.45) is 17.8 Å². The fourth-order valence-corrected chi connectivity index (χ4v) is 12.2. The zero-order valence-electron chi connectivity index (χ0n) is 18.4. The lowest BCUT2D eigenvalue weighted by molar-refractivity contribution is -0.00521. The van der Waals surface area contributed by atoms with Gasteiger partial charge in [0, 0.05) is 10.9 Å². The Labute approximate surface area is 182 Å². The van der Waals surface area contributed by atoms with E-state index in [2.05, 4.69) is 24.3 Å². The summed E-state index contributed by atoms with van der Waals surface area (Å²) >= 11 is 0. The maximum absolute atomic E-state index is 2.64. The molecule has 0 N–H and O–H groups in total. The van der Waals surface area contributed by atoms with Crippen LogP contribution in [0.4, 0.5) is 0 Å². The Balaban J connectivity index is 1.27. The number of hydrogen-bond donors (Lipinski definition) is 0. The lowest BCUT2D eigenvalue weighted by Gasteiger charge is -2.57. The highest BCUT2D eigenvalue weighted by Gasteiger charge is 2.51. The molecular formula is C28H41S+. The van der Waals surface area contributed by atoms with Gasteiger partial charge < -0.3 is 0 Å². The van der Waals surface area contributed by atoms with Gasteiger partial charge >= 0.3 is 0 Å². The van der Waals surface area contributed by atoms with Gasteiger partial charge in [-0.2, -0.15) is 0 Å². The molecule has 0 radical (unpaired) electrons. The van der Waals surface area contributed by atoms with Crippen LogP contribution in [-0.2, 0) is 16.3 Å². The summed E-state index contributed by atoms with van der Waals surface area (Å²) in [6.45, 7) is 0.